The third-order valence-electron chi connectivity index (χ3n) is 2.90. The molecule has 0 saturated heterocycles. The van der Waals surface area contributed by atoms with Crippen LogP contribution < -0.4 is 5.32 Å². The molecule has 1 atom stereocenters. The first-order valence-corrected chi connectivity index (χ1v) is 5.98. The van der Waals surface area contributed by atoms with Crippen LogP contribution in [0.2, 0.25) is 0 Å². The van der Waals surface area contributed by atoms with E-state index in [2.05, 4.69) is 29.5 Å². The van der Waals surface area contributed by atoms with Crippen LogP contribution in [0, 0.1) is 0 Å². The summed E-state index contributed by atoms with van der Waals surface area (Å²) < 4.78 is 1.62. The molecule has 4 heteroatoms. The van der Waals surface area contributed by atoms with Crippen LogP contribution in [0.1, 0.15) is 28.8 Å². The molecule has 0 spiro atoms. The van der Waals surface area contributed by atoms with Gasteiger partial charge in [-0.3, -0.25) is 9.48 Å². The second kappa shape index (κ2) is 5.49. The van der Waals surface area contributed by atoms with Crippen molar-refractivity contribution in [2.24, 2.45) is 7.05 Å². The molecule has 0 fully saturated rings. The monoisotopic (exact) mass is 243 g/mol. The van der Waals surface area contributed by atoms with Crippen molar-refractivity contribution < 1.29 is 4.79 Å². The van der Waals surface area contributed by atoms with E-state index in [1.165, 1.54) is 5.56 Å². The Morgan fingerprint density at radius 3 is 2.72 bits per heavy atom. The van der Waals surface area contributed by atoms with Crippen LogP contribution in [0.25, 0.3) is 0 Å². The smallest absolute Gasteiger partial charge is 0.254 e. The predicted octanol–water partition coefficient (Wildman–Crippen LogP) is 1.95. The Balaban J connectivity index is 1.90. The second-order valence-corrected chi connectivity index (χ2v) is 4.42. The van der Waals surface area contributed by atoms with Gasteiger partial charge in [0.1, 0.15) is 0 Å². The molecule has 94 valence electrons. The van der Waals surface area contributed by atoms with Crippen molar-refractivity contribution in [2.75, 3.05) is 6.54 Å². The number of rotatable bonds is 4. The summed E-state index contributed by atoms with van der Waals surface area (Å²) in [6.07, 6.45) is 3.28. The van der Waals surface area contributed by atoms with Gasteiger partial charge in [-0.05, 0) is 11.5 Å². The molecule has 0 aliphatic heterocycles. The maximum absolute atomic E-state index is 11.8. The van der Waals surface area contributed by atoms with Crippen molar-refractivity contribution in [3.63, 3.8) is 0 Å². The van der Waals surface area contributed by atoms with E-state index in [1.54, 1.807) is 24.1 Å². The number of carbonyl (C=O) groups is 1. The molecule has 0 aliphatic carbocycles. The summed E-state index contributed by atoms with van der Waals surface area (Å²) in [7, 11) is 1.80. The average Bonchev–Trinajstić information content (AvgIpc) is 2.83. The van der Waals surface area contributed by atoms with Gasteiger partial charge in [0.15, 0.2) is 0 Å². The number of carbonyl (C=O) groups excluding carboxylic acids is 1. The van der Waals surface area contributed by atoms with Crippen molar-refractivity contribution in [1.29, 1.82) is 0 Å². The predicted molar refractivity (Wildman–Crippen MR) is 70.4 cm³/mol. The Bertz CT molecular complexity index is 519. The van der Waals surface area contributed by atoms with Crippen LogP contribution >= 0.6 is 0 Å². The molecule has 0 aliphatic rings. The minimum Gasteiger partial charge on any atom is -0.351 e. The Kier molecular flexibility index (Phi) is 3.77. The normalized spacial score (nSPS) is 12.1. The minimum atomic E-state index is -0.0779. The van der Waals surface area contributed by atoms with Gasteiger partial charge in [-0.25, -0.2) is 0 Å². The molecule has 0 radical (unpaired) electrons. The Labute approximate surface area is 107 Å². The molecule has 1 aromatic carbocycles. The lowest BCUT2D eigenvalue weighted by Gasteiger charge is -2.12. The van der Waals surface area contributed by atoms with Gasteiger partial charge in [0.2, 0.25) is 0 Å². The number of nitrogens with one attached hydrogen (secondary N) is 1. The fourth-order valence-electron chi connectivity index (χ4n) is 1.79. The first-order valence-electron chi connectivity index (χ1n) is 5.98. The van der Waals surface area contributed by atoms with E-state index in [0.29, 0.717) is 18.0 Å². The van der Waals surface area contributed by atoms with Gasteiger partial charge < -0.3 is 5.32 Å². The molecule has 2 rings (SSSR count). The molecule has 0 saturated carbocycles. The molecule has 1 aromatic heterocycles. The van der Waals surface area contributed by atoms with Gasteiger partial charge in [-0.2, -0.15) is 5.10 Å². The topological polar surface area (TPSA) is 46.9 Å². The standard InChI is InChI=1S/C14H17N3O/c1-11(12-6-4-3-5-7-12)8-15-14(18)13-9-16-17(2)10-13/h3-7,9-11H,8H2,1-2H3,(H,15,18)/t11-/m0/s1. The van der Waals surface area contributed by atoms with Crippen LogP contribution in [0.4, 0.5) is 0 Å². The summed E-state index contributed by atoms with van der Waals surface area (Å²) in [6, 6.07) is 10.1. The fraction of sp³-hybridized carbons (Fsp3) is 0.286. The number of hydrogen-bond donors (Lipinski definition) is 1. The number of aromatic nitrogens is 2. The molecule has 1 N–H and O–H groups in total. The zero-order chi connectivity index (χ0) is 13.0. The molecular weight excluding hydrogens is 226 g/mol. The van der Waals surface area contributed by atoms with E-state index in [-0.39, 0.29) is 5.91 Å². The van der Waals surface area contributed by atoms with Crippen molar-refractivity contribution in [3.05, 3.63) is 53.9 Å². The fourth-order valence-corrected chi connectivity index (χ4v) is 1.79. The van der Waals surface area contributed by atoms with Crippen molar-refractivity contribution in [3.8, 4) is 0 Å². The number of hydrogen-bond acceptors (Lipinski definition) is 2. The van der Waals surface area contributed by atoms with Crippen LogP contribution in [0.5, 0.6) is 0 Å². The lowest BCUT2D eigenvalue weighted by molar-refractivity contribution is 0.0951. The second-order valence-electron chi connectivity index (χ2n) is 4.42. The lowest BCUT2D eigenvalue weighted by atomic mass is 10.0. The van der Waals surface area contributed by atoms with Crippen LogP contribution in [-0.2, 0) is 7.05 Å². The first kappa shape index (κ1) is 12.4. The summed E-state index contributed by atoms with van der Waals surface area (Å²) in [5, 5.41) is 6.90. The average molecular weight is 243 g/mol. The van der Waals surface area contributed by atoms with Crippen LogP contribution in [0.15, 0.2) is 42.7 Å². The minimum absolute atomic E-state index is 0.0779. The third kappa shape index (κ3) is 2.97. The molecule has 0 bridgehead atoms. The molecule has 1 heterocycles. The summed E-state index contributed by atoms with van der Waals surface area (Å²) in [5.41, 5.74) is 1.82. The Morgan fingerprint density at radius 1 is 1.39 bits per heavy atom. The largest absolute Gasteiger partial charge is 0.351 e. The maximum Gasteiger partial charge on any atom is 0.254 e. The summed E-state index contributed by atoms with van der Waals surface area (Å²) in [5.74, 6) is 0.220. The van der Waals surface area contributed by atoms with E-state index >= 15 is 0 Å². The van der Waals surface area contributed by atoms with E-state index in [1.807, 2.05) is 18.2 Å². The number of benzene rings is 1. The Morgan fingerprint density at radius 2 is 2.11 bits per heavy atom. The zero-order valence-electron chi connectivity index (χ0n) is 10.6. The van der Waals surface area contributed by atoms with Crippen molar-refractivity contribution >= 4 is 5.91 Å². The van der Waals surface area contributed by atoms with Crippen molar-refractivity contribution in [2.45, 2.75) is 12.8 Å². The number of amides is 1. The highest BCUT2D eigenvalue weighted by Crippen LogP contribution is 2.13. The highest BCUT2D eigenvalue weighted by Gasteiger charge is 2.10. The molecule has 1 amide bonds. The highest BCUT2D eigenvalue weighted by molar-refractivity contribution is 5.93. The van der Waals surface area contributed by atoms with Gasteiger partial charge in [0.25, 0.3) is 5.91 Å². The van der Waals surface area contributed by atoms with Crippen LogP contribution in [0.3, 0.4) is 0 Å². The molecule has 18 heavy (non-hydrogen) atoms. The number of aryl methyl sites for hydroxylation is 1. The molecule has 4 nitrogen and oxygen atoms in total. The Hall–Kier alpha value is -2.10. The van der Waals surface area contributed by atoms with E-state index in [4.69, 9.17) is 0 Å². The van der Waals surface area contributed by atoms with E-state index in [9.17, 15) is 4.79 Å². The summed E-state index contributed by atoms with van der Waals surface area (Å²) in [6.45, 7) is 2.72. The zero-order valence-corrected chi connectivity index (χ0v) is 10.6. The maximum atomic E-state index is 11.8. The quantitative estimate of drug-likeness (QED) is 0.892. The molecular formula is C14H17N3O. The molecule has 0 unspecified atom stereocenters. The van der Waals surface area contributed by atoms with Gasteiger partial charge in [0.05, 0.1) is 11.8 Å². The summed E-state index contributed by atoms with van der Waals surface area (Å²) in [4.78, 5) is 11.8. The van der Waals surface area contributed by atoms with Crippen LogP contribution in [-0.4, -0.2) is 22.2 Å². The summed E-state index contributed by atoms with van der Waals surface area (Å²) >= 11 is 0. The van der Waals surface area contributed by atoms with E-state index in [0.717, 1.165) is 0 Å². The first-order chi connectivity index (χ1) is 8.66. The van der Waals surface area contributed by atoms with Gasteiger partial charge in [0, 0.05) is 19.8 Å². The van der Waals surface area contributed by atoms with E-state index < -0.39 is 0 Å². The van der Waals surface area contributed by atoms with Crippen molar-refractivity contribution in [1.82, 2.24) is 15.1 Å². The van der Waals surface area contributed by atoms with Gasteiger partial charge in [-0.1, -0.05) is 37.3 Å². The van der Waals surface area contributed by atoms with Gasteiger partial charge in [-0.15, -0.1) is 0 Å². The third-order valence-corrected chi connectivity index (χ3v) is 2.90. The lowest BCUT2D eigenvalue weighted by Crippen LogP contribution is -2.27. The number of nitrogens with zero attached hydrogens (tertiary/aromatic N) is 2. The molecule has 2 aromatic rings. The van der Waals surface area contributed by atoms with Gasteiger partial charge >= 0.3 is 0 Å². The highest BCUT2D eigenvalue weighted by atomic mass is 16.1. The SMILES string of the molecule is C[C@@H](CNC(=O)c1cnn(C)c1)c1ccccc1.